The lowest BCUT2D eigenvalue weighted by Crippen LogP contribution is -2.53. The molecule has 0 aromatic heterocycles. The number of hydrogen-bond acceptors (Lipinski definition) is 5. The van der Waals surface area contributed by atoms with Gasteiger partial charge in [0, 0.05) is 50.7 Å². The Labute approximate surface area is 177 Å². The van der Waals surface area contributed by atoms with E-state index in [9.17, 15) is 18.0 Å². The van der Waals surface area contributed by atoms with Gasteiger partial charge in [-0.2, -0.15) is 0 Å². The van der Waals surface area contributed by atoms with Gasteiger partial charge in [0.25, 0.3) is 5.91 Å². The molecule has 8 nitrogen and oxygen atoms in total. The van der Waals surface area contributed by atoms with Crippen LogP contribution in [0.4, 0.5) is 0 Å². The number of fused-ring (bicyclic) bond motifs is 1. The number of carbonyl (C=O) groups is 2. The van der Waals surface area contributed by atoms with Crippen molar-refractivity contribution in [2.75, 3.05) is 53.1 Å². The third-order valence-corrected chi connectivity index (χ3v) is 8.56. The van der Waals surface area contributed by atoms with Crippen molar-refractivity contribution in [2.24, 2.45) is 10.8 Å². The maximum Gasteiger partial charge on any atom is 0.253 e. The first-order valence-corrected chi connectivity index (χ1v) is 12.1. The van der Waals surface area contributed by atoms with Crippen LogP contribution >= 0.6 is 0 Å². The minimum absolute atomic E-state index is 0.0428. The van der Waals surface area contributed by atoms with Crippen LogP contribution in [0.3, 0.4) is 0 Å². The van der Waals surface area contributed by atoms with E-state index in [0.717, 1.165) is 0 Å². The highest BCUT2D eigenvalue weighted by molar-refractivity contribution is 7.88. The van der Waals surface area contributed by atoms with Crippen molar-refractivity contribution in [3.63, 3.8) is 0 Å². The molecule has 0 bridgehead atoms. The van der Waals surface area contributed by atoms with Crippen LogP contribution in [0.25, 0.3) is 0 Å². The maximum atomic E-state index is 13.2. The van der Waals surface area contributed by atoms with Crippen molar-refractivity contribution in [1.29, 1.82) is 0 Å². The molecule has 3 fully saturated rings. The molecule has 9 heteroatoms. The zero-order chi connectivity index (χ0) is 21.7. The predicted molar refractivity (Wildman–Crippen MR) is 112 cm³/mol. The third kappa shape index (κ3) is 3.19. The normalized spacial score (nSPS) is 26.7. The van der Waals surface area contributed by atoms with Gasteiger partial charge >= 0.3 is 0 Å². The molecule has 3 aliphatic rings. The summed E-state index contributed by atoms with van der Waals surface area (Å²) in [5.74, 6) is 0.610. The lowest BCUT2D eigenvalue weighted by atomic mass is 9.60. The molecule has 0 radical (unpaired) electrons. The molecule has 30 heavy (non-hydrogen) atoms. The van der Waals surface area contributed by atoms with E-state index in [1.807, 2.05) is 0 Å². The molecule has 0 saturated carbocycles. The molecule has 2 spiro atoms. The second-order valence-corrected chi connectivity index (χ2v) is 10.9. The number of amides is 2. The summed E-state index contributed by atoms with van der Waals surface area (Å²) in [4.78, 5) is 29.7. The van der Waals surface area contributed by atoms with Gasteiger partial charge < -0.3 is 14.5 Å². The van der Waals surface area contributed by atoms with Crippen molar-refractivity contribution >= 4 is 21.8 Å². The molecule has 4 rings (SSSR count). The maximum absolute atomic E-state index is 13.2. The number of rotatable bonds is 3. The van der Waals surface area contributed by atoms with Crippen LogP contribution in [0.2, 0.25) is 0 Å². The van der Waals surface area contributed by atoms with E-state index in [1.165, 1.54) is 10.6 Å². The summed E-state index contributed by atoms with van der Waals surface area (Å²) in [7, 11) is -0.0412. The lowest BCUT2D eigenvalue weighted by Gasteiger charge is -2.46. The van der Waals surface area contributed by atoms with Crippen LogP contribution in [-0.4, -0.2) is 87.5 Å². The minimum Gasteiger partial charge on any atom is -0.497 e. The van der Waals surface area contributed by atoms with Crippen LogP contribution < -0.4 is 4.74 Å². The smallest absolute Gasteiger partial charge is 0.253 e. The Hall–Kier alpha value is -2.13. The molecule has 1 atom stereocenters. The van der Waals surface area contributed by atoms with Gasteiger partial charge in [-0.1, -0.05) is 6.07 Å². The molecular weight excluding hydrogens is 406 g/mol. The number of hydrogen-bond donors (Lipinski definition) is 0. The van der Waals surface area contributed by atoms with Gasteiger partial charge in [-0.25, -0.2) is 12.7 Å². The van der Waals surface area contributed by atoms with Crippen LogP contribution in [0.15, 0.2) is 24.3 Å². The van der Waals surface area contributed by atoms with E-state index in [2.05, 4.69) is 0 Å². The average Bonchev–Trinajstić information content (AvgIpc) is 3.21. The fraction of sp³-hybridized carbons (Fsp3) is 0.619. The SMILES string of the molecule is COc1cccc(C(=O)N2CCC3(CC2)CN(S(C)(=O)=O)C[C@@]32CCN(C)C2=O)c1. The highest BCUT2D eigenvalue weighted by atomic mass is 32.2. The number of methoxy groups -OCH3 is 1. The summed E-state index contributed by atoms with van der Waals surface area (Å²) in [6.07, 6.45) is 3.12. The van der Waals surface area contributed by atoms with Crippen LogP contribution in [0.1, 0.15) is 29.6 Å². The number of sulfonamides is 1. The van der Waals surface area contributed by atoms with Crippen LogP contribution in [0.5, 0.6) is 5.75 Å². The fourth-order valence-corrected chi connectivity index (χ4v) is 6.47. The Morgan fingerprint density at radius 3 is 2.37 bits per heavy atom. The van der Waals surface area contributed by atoms with E-state index in [4.69, 9.17) is 4.74 Å². The van der Waals surface area contributed by atoms with Gasteiger partial charge in [0.05, 0.1) is 18.8 Å². The van der Waals surface area contributed by atoms with Gasteiger partial charge in [-0.15, -0.1) is 0 Å². The van der Waals surface area contributed by atoms with E-state index >= 15 is 0 Å². The summed E-state index contributed by atoms with van der Waals surface area (Å²) in [6.45, 7) is 2.26. The van der Waals surface area contributed by atoms with Gasteiger partial charge in [-0.05, 0) is 37.5 Å². The van der Waals surface area contributed by atoms with E-state index in [0.29, 0.717) is 56.8 Å². The Morgan fingerprint density at radius 2 is 1.80 bits per heavy atom. The third-order valence-electron chi connectivity index (χ3n) is 7.36. The molecule has 0 N–H and O–H groups in total. The van der Waals surface area contributed by atoms with Crippen molar-refractivity contribution < 1.29 is 22.7 Å². The van der Waals surface area contributed by atoms with Gasteiger partial charge in [0.2, 0.25) is 15.9 Å². The number of benzene rings is 1. The standard InChI is InChI=1S/C21H29N3O5S/c1-22-10-9-21(19(22)26)15-24(30(3,27)28)14-20(21)7-11-23(12-8-20)18(25)16-5-4-6-17(13-16)29-2/h4-6,13H,7-12,14-15H2,1-3H3/t21-/m1/s1. The first-order chi connectivity index (χ1) is 14.1. The van der Waals surface area contributed by atoms with E-state index < -0.39 is 20.9 Å². The Balaban J connectivity index is 1.58. The van der Waals surface area contributed by atoms with Crippen LogP contribution in [0, 0.1) is 10.8 Å². The summed E-state index contributed by atoms with van der Waals surface area (Å²) in [5, 5.41) is 0. The largest absolute Gasteiger partial charge is 0.497 e. The molecule has 0 unspecified atom stereocenters. The lowest BCUT2D eigenvalue weighted by molar-refractivity contribution is -0.141. The molecule has 0 aliphatic carbocycles. The van der Waals surface area contributed by atoms with Crippen molar-refractivity contribution in [2.45, 2.75) is 19.3 Å². The highest BCUT2D eigenvalue weighted by Crippen LogP contribution is 2.58. The van der Waals surface area contributed by atoms with E-state index in [-0.39, 0.29) is 18.4 Å². The summed E-state index contributed by atoms with van der Waals surface area (Å²) in [5.41, 5.74) is -0.542. The molecule has 3 heterocycles. The molecular formula is C21H29N3O5S. The Morgan fingerprint density at radius 1 is 1.10 bits per heavy atom. The Bertz CT molecular complexity index is 971. The minimum atomic E-state index is -3.39. The number of piperidine rings is 1. The quantitative estimate of drug-likeness (QED) is 0.708. The van der Waals surface area contributed by atoms with Crippen molar-refractivity contribution in [3.8, 4) is 5.75 Å². The highest BCUT2D eigenvalue weighted by Gasteiger charge is 2.66. The van der Waals surface area contributed by atoms with Crippen molar-refractivity contribution in [3.05, 3.63) is 29.8 Å². The second-order valence-electron chi connectivity index (χ2n) is 8.89. The summed E-state index contributed by atoms with van der Waals surface area (Å²) < 4.78 is 31.4. The number of nitrogens with zero attached hydrogens (tertiary/aromatic N) is 3. The zero-order valence-electron chi connectivity index (χ0n) is 17.8. The molecule has 2 amide bonds. The van der Waals surface area contributed by atoms with Gasteiger partial charge in [0.1, 0.15) is 5.75 Å². The number of likely N-dealkylation sites (tertiary alicyclic amines) is 2. The number of carbonyl (C=O) groups excluding carboxylic acids is 2. The zero-order valence-corrected chi connectivity index (χ0v) is 18.6. The first kappa shape index (κ1) is 21.1. The topological polar surface area (TPSA) is 87.2 Å². The van der Waals surface area contributed by atoms with Crippen molar-refractivity contribution in [1.82, 2.24) is 14.1 Å². The van der Waals surface area contributed by atoms with Crippen LogP contribution in [-0.2, 0) is 14.8 Å². The molecule has 1 aromatic carbocycles. The molecule has 3 aliphatic heterocycles. The summed E-state index contributed by atoms with van der Waals surface area (Å²) in [6, 6.07) is 7.09. The molecule has 1 aromatic rings. The fourth-order valence-electron chi connectivity index (χ4n) is 5.53. The number of ether oxygens (including phenoxy) is 1. The average molecular weight is 436 g/mol. The van der Waals surface area contributed by atoms with Gasteiger partial charge in [0.15, 0.2) is 0 Å². The monoisotopic (exact) mass is 435 g/mol. The Kier molecular flexibility index (Phi) is 5.09. The second kappa shape index (κ2) is 7.23. The predicted octanol–water partition coefficient (Wildman–Crippen LogP) is 1.04. The van der Waals surface area contributed by atoms with Gasteiger partial charge in [-0.3, -0.25) is 9.59 Å². The van der Waals surface area contributed by atoms with E-state index in [1.54, 1.807) is 48.2 Å². The first-order valence-electron chi connectivity index (χ1n) is 10.3. The summed E-state index contributed by atoms with van der Waals surface area (Å²) >= 11 is 0. The molecule has 3 saturated heterocycles. The molecule has 164 valence electrons.